The summed E-state index contributed by atoms with van der Waals surface area (Å²) in [6, 6.07) is 15.7. The Morgan fingerprint density at radius 2 is 1.44 bits per heavy atom. The van der Waals surface area contributed by atoms with Crippen LogP contribution in [0.5, 0.6) is 11.5 Å². The summed E-state index contributed by atoms with van der Waals surface area (Å²) in [6.07, 6.45) is 0. The Morgan fingerprint density at radius 1 is 0.889 bits per heavy atom. The van der Waals surface area contributed by atoms with Crippen LogP contribution in [0.3, 0.4) is 0 Å². The first-order valence-corrected chi connectivity index (χ1v) is 6.41. The topological polar surface area (TPSA) is 69.9 Å². The molecule has 2 rings (SSSR count). The van der Waals surface area contributed by atoms with Gasteiger partial charge in [-0.1, -0.05) is 35.9 Å². The molecule has 96 valence electrons. The molecule has 0 radical (unpaired) electrons. The molecule has 3 N–H and O–H groups in total. The summed E-state index contributed by atoms with van der Waals surface area (Å²) >= 11 is 0. The van der Waals surface area contributed by atoms with Crippen molar-refractivity contribution in [3.8, 4) is 11.5 Å². The normalized spacial score (nSPS) is 9.56. The number of benzene rings is 2. The van der Waals surface area contributed by atoms with Crippen LogP contribution in [0.15, 0.2) is 54.6 Å². The van der Waals surface area contributed by atoms with E-state index in [0.29, 0.717) is 11.5 Å². The molecule has 0 unspecified atom stereocenters. The molecule has 0 aliphatic rings. The average molecular weight is 266 g/mol. The number of phenolic OH excluding ortho intramolecular Hbond substituents is 1. The van der Waals surface area contributed by atoms with Gasteiger partial charge in [-0.25, -0.2) is 0 Å². The minimum Gasteiger partial charge on any atom is -0.508 e. The minimum atomic E-state index is -2.28. The zero-order valence-corrected chi connectivity index (χ0v) is 10.8. The van der Waals surface area contributed by atoms with Gasteiger partial charge in [0, 0.05) is 0 Å². The SMILES string of the molecule is Cc1ccc(O)cc1.OP(O)Oc1ccccc1. The van der Waals surface area contributed by atoms with E-state index in [2.05, 4.69) is 4.52 Å². The second-order valence-electron chi connectivity index (χ2n) is 3.49. The molecule has 0 fully saturated rings. The van der Waals surface area contributed by atoms with E-state index in [1.807, 2.05) is 25.1 Å². The van der Waals surface area contributed by atoms with Gasteiger partial charge in [0.1, 0.15) is 11.5 Å². The minimum absolute atomic E-state index is 0.329. The zero-order chi connectivity index (χ0) is 13.4. The number of rotatable bonds is 2. The molecule has 2 aromatic rings. The zero-order valence-electron chi connectivity index (χ0n) is 9.89. The Hall–Kier alpha value is -1.61. The van der Waals surface area contributed by atoms with Crippen LogP contribution in [-0.2, 0) is 0 Å². The second-order valence-corrected chi connectivity index (χ2v) is 4.18. The predicted molar refractivity (Wildman–Crippen MR) is 71.3 cm³/mol. The fraction of sp³-hybridized carbons (Fsp3) is 0.0769. The van der Waals surface area contributed by atoms with Crippen molar-refractivity contribution in [2.24, 2.45) is 0 Å². The van der Waals surface area contributed by atoms with Crippen molar-refractivity contribution >= 4 is 8.60 Å². The number of para-hydroxylation sites is 1. The lowest BCUT2D eigenvalue weighted by molar-refractivity contribution is 0.375. The van der Waals surface area contributed by atoms with Crippen molar-refractivity contribution in [2.75, 3.05) is 0 Å². The highest BCUT2D eigenvalue weighted by atomic mass is 31.2. The molecule has 18 heavy (non-hydrogen) atoms. The van der Waals surface area contributed by atoms with E-state index in [1.165, 1.54) is 5.56 Å². The number of phenols is 1. The molecule has 0 aliphatic heterocycles. The molecule has 0 saturated carbocycles. The van der Waals surface area contributed by atoms with Gasteiger partial charge in [0.15, 0.2) is 0 Å². The Kier molecular flexibility index (Phi) is 6.15. The van der Waals surface area contributed by atoms with Crippen molar-refractivity contribution in [3.05, 3.63) is 60.2 Å². The monoisotopic (exact) mass is 266 g/mol. The molecule has 0 saturated heterocycles. The van der Waals surface area contributed by atoms with Crippen LogP contribution < -0.4 is 4.52 Å². The molecule has 5 heteroatoms. The smallest absolute Gasteiger partial charge is 0.391 e. The first kappa shape index (κ1) is 14.5. The molecule has 0 spiro atoms. The Bertz CT molecular complexity index is 421. The lowest BCUT2D eigenvalue weighted by Crippen LogP contribution is -1.82. The number of hydrogen-bond donors (Lipinski definition) is 3. The maximum atomic E-state index is 8.76. The fourth-order valence-corrected chi connectivity index (χ4v) is 1.43. The van der Waals surface area contributed by atoms with Gasteiger partial charge in [0.2, 0.25) is 0 Å². The third-order valence-electron chi connectivity index (χ3n) is 1.96. The Morgan fingerprint density at radius 3 is 1.89 bits per heavy atom. The molecule has 0 heterocycles. The van der Waals surface area contributed by atoms with Crippen molar-refractivity contribution in [1.82, 2.24) is 0 Å². The van der Waals surface area contributed by atoms with E-state index in [4.69, 9.17) is 14.9 Å². The maximum Gasteiger partial charge on any atom is 0.391 e. The summed E-state index contributed by atoms with van der Waals surface area (Å²) in [6.45, 7) is 1.99. The summed E-state index contributed by atoms with van der Waals surface area (Å²) in [7, 11) is -2.28. The van der Waals surface area contributed by atoms with Crippen molar-refractivity contribution in [2.45, 2.75) is 6.92 Å². The van der Waals surface area contributed by atoms with Gasteiger partial charge in [0.25, 0.3) is 0 Å². The van der Waals surface area contributed by atoms with Crippen LogP contribution in [0.2, 0.25) is 0 Å². The molecule has 0 bridgehead atoms. The van der Waals surface area contributed by atoms with E-state index < -0.39 is 8.60 Å². The van der Waals surface area contributed by atoms with Gasteiger partial charge in [0.05, 0.1) is 0 Å². The van der Waals surface area contributed by atoms with Crippen molar-refractivity contribution < 1.29 is 19.4 Å². The summed E-state index contributed by atoms with van der Waals surface area (Å²) in [5.41, 5.74) is 1.17. The predicted octanol–water partition coefficient (Wildman–Crippen LogP) is 2.98. The quantitative estimate of drug-likeness (QED) is 0.731. The largest absolute Gasteiger partial charge is 0.508 e. The van der Waals surface area contributed by atoms with Crippen LogP contribution >= 0.6 is 8.60 Å². The van der Waals surface area contributed by atoms with Crippen LogP contribution in [0, 0.1) is 6.92 Å². The molecule has 0 atom stereocenters. The third-order valence-corrected chi connectivity index (χ3v) is 2.34. The molecule has 0 aliphatic carbocycles. The lowest BCUT2D eigenvalue weighted by Gasteiger charge is -2.02. The number of aryl methyl sites for hydroxylation is 1. The first-order valence-electron chi connectivity index (χ1n) is 5.24. The van der Waals surface area contributed by atoms with Gasteiger partial charge in [-0.3, -0.25) is 0 Å². The van der Waals surface area contributed by atoms with E-state index in [-0.39, 0.29) is 0 Å². The van der Waals surface area contributed by atoms with Crippen LogP contribution in [0.4, 0.5) is 0 Å². The lowest BCUT2D eigenvalue weighted by atomic mass is 10.2. The average Bonchev–Trinajstić information content (AvgIpc) is 2.34. The highest BCUT2D eigenvalue weighted by molar-refractivity contribution is 7.39. The molecule has 4 nitrogen and oxygen atoms in total. The number of hydrogen-bond acceptors (Lipinski definition) is 4. The van der Waals surface area contributed by atoms with E-state index in [0.717, 1.165) is 0 Å². The van der Waals surface area contributed by atoms with Crippen LogP contribution in [0.25, 0.3) is 0 Å². The van der Waals surface area contributed by atoms with Crippen LogP contribution in [-0.4, -0.2) is 14.9 Å². The van der Waals surface area contributed by atoms with Gasteiger partial charge < -0.3 is 19.4 Å². The summed E-state index contributed by atoms with van der Waals surface area (Å²) in [5, 5.41) is 8.76. The summed E-state index contributed by atoms with van der Waals surface area (Å²) in [4.78, 5) is 16.8. The standard InChI is InChI=1S/C7H8O.C6H7O3P/c1-6-2-4-7(8)5-3-6;7-10(8)9-6-4-2-1-3-5-6/h2-5,8H,1H3;1-5,7-8H. The molecule has 0 aromatic heterocycles. The van der Waals surface area contributed by atoms with Gasteiger partial charge in [-0.05, 0) is 31.2 Å². The van der Waals surface area contributed by atoms with E-state index >= 15 is 0 Å². The highest BCUT2D eigenvalue weighted by Gasteiger charge is 1.99. The molecule has 0 amide bonds. The second kappa shape index (κ2) is 7.67. The fourth-order valence-electron chi connectivity index (χ4n) is 1.12. The summed E-state index contributed by atoms with van der Waals surface area (Å²) < 4.78 is 4.59. The van der Waals surface area contributed by atoms with Crippen molar-refractivity contribution in [1.29, 1.82) is 0 Å². The first-order chi connectivity index (χ1) is 8.58. The van der Waals surface area contributed by atoms with E-state index in [1.54, 1.807) is 36.4 Å². The number of aromatic hydroxyl groups is 1. The van der Waals surface area contributed by atoms with Crippen molar-refractivity contribution in [3.63, 3.8) is 0 Å². The van der Waals surface area contributed by atoms with E-state index in [9.17, 15) is 0 Å². The summed E-state index contributed by atoms with van der Waals surface area (Å²) in [5.74, 6) is 0.800. The Balaban J connectivity index is 0.000000184. The van der Waals surface area contributed by atoms with Crippen LogP contribution in [0.1, 0.15) is 5.56 Å². The van der Waals surface area contributed by atoms with Gasteiger partial charge in [-0.2, -0.15) is 0 Å². The molecular weight excluding hydrogens is 251 g/mol. The highest BCUT2D eigenvalue weighted by Crippen LogP contribution is 2.27. The molecule has 2 aromatic carbocycles. The molecular formula is C13H15O4P. The van der Waals surface area contributed by atoms with Gasteiger partial charge in [-0.15, -0.1) is 0 Å². The van der Waals surface area contributed by atoms with Gasteiger partial charge >= 0.3 is 8.60 Å². The third kappa shape index (κ3) is 6.21. The maximum absolute atomic E-state index is 8.76. The Labute approximate surface area is 107 Å².